The monoisotopic (exact) mass is 256 g/mol. The van der Waals surface area contributed by atoms with Crippen molar-refractivity contribution in [2.45, 2.75) is 0 Å². The van der Waals surface area contributed by atoms with Gasteiger partial charge in [-0.3, -0.25) is 0 Å². The number of nitrogens with one attached hydrogen (secondary N) is 2. The van der Waals surface area contributed by atoms with Crippen LogP contribution in [0.5, 0.6) is 0 Å². The van der Waals surface area contributed by atoms with Crippen molar-refractivity contribution in [2.24, 2.45) is 0 Å². The number of hydrogen-bond acceptors (Lipinski definition) is 2. The van der Waals surface area contributed by atoms with Gasteiger partial charge in [-0.2, -0.15) is 0 Å². The van der Waals surface area contributed by atoms with Crippen molar-refractivity contribution in [1.82, 2.24) is 5.20 Å². The van der Waals surface area contributed by atoms with Crippen molar-refractivity contribution < 1.29 is 14.4 Å². The molecule has 0 aliphatic carbocycles. The third-order valence-corrected chi connectivity index (χ3v) is 2.22. The number of halogens is 2. The van der Waals surface area contributed by atoms with E-state index in [0.717, 1.165) is 0 Å². The van der Waals surface area contributed by atoms with Gasteiger partial charge >= 0.3 is 7.75 Å². The van der Waals surface area contributed by atoms with Crippen molar-refractivity contribution in [3.8, 4) is 0 Å². The maximum atomic E-state index is 10.4. The van der Waals surface area contributed by atoms with E-state index >= 15 is 0 Å². The van der Waals surface area contributed by atoms with Gasteiger partial charge in [0.2, 0.25) is 0 Å². The van der Waals surface area contributed by atoms with Crippen LogP contribution in [0.15, 0.2) is 18.2 Å². The first-order valence-electron chi connectivity index (χ1n) is 3.42. The largest absolute Gasteiger partial charge is 0.417 e. The van der Waals surface area contributed by atoms with E-state index in [1.807, 2.05) is 0 Å². The zero-order valence-electron chi connectivity index (χ0n) is 6.74. The second-order valence-electron chi connectivity index (χ2n) is 2.41. The Kier molecular flexibility index (Phi) is 3.78. The van der Waals surface area contributed by atoms with Gasteiger partial charge in [0.25, 0.3) is 0 Å². The van der Waals surface area contributed by atoms with E-state index in [-0.39, 0.29) is 5.02 Å². The Balaban J connectivity index is 2.73. The zero-order chi connectivity index (χ0) is 10.8. The van der Waals surface area contributed by atoms with Crippen molar-refractivity contribution in [3.05, 3.63) is 28.2 Å². The van der Waals surface area contributed by atoms with Gasteiger partial charge in [-0.1, -0.05) is 23.2 Å². The molecule has 4 N–H and O–H groups in total. The molecule has 8 heteroatoms. The summed E-state index contributed by atoms with van der Waals surface area (Å²) in [6, 6.07) is 4.48. The van der Waals surface area contributed by atoms with Gasteiger partial charge in [0.15, 0.2) is 0 Å². The lowest BCUT2D eigenvalue weighted by Gasteiger charge is -2.10. The lowest BCUT2D eigenvalue weighted by molar-refractivity contribution is 0.362. The molecule has 1 rings (SSSR count). The van der Waals surface area contributed by atoms with E-state index in [1.54, 1.807) is 5.20 Å². The lowest BCUT2D eigenvalue weighted by atomic mass is 10.3. The number of rotatable bonds is 3. The average molecular weight is 257 g/mol. The summed E-state index contributed by atoms with van der Waals surface area (Å²) in [5.74, 6) is 0. The highest BCUT2D eigenvalue weighted by Gasteiger charge is 2.11. The Morgan fingerprint density at radius 2 is 1.93 bits per heavy atom. The van der Waals surface area contributed by atoms with Crippen LogP contribution in [-0.2, 0) is 4.57 Å². The SMILES string of the molecule is O=P(O)(O)NNc1ccc(Cl)cc1Cl. The molecule has 0 saturated carbocycles. The summed E-state index contributed by atoms with van der Waals surface area (Å²) in [6.45, 7) is 0. The topological polar surface area (TPSA) is 81.6 Å². The average Bonchev–Trinajstić information content (AvgIpc) is 2.00. The Labute approximate surface area is 90.2 Å². The molecule has 1 aromatic carbocycles. The molecule has 0 aromatic heterocycles. The van der Waals surface area contributed by atoms with Crippen LogP contribution < -0.4 is 10.6 Å². The molecule has 0 amide bonds. The first kappa shape index (κ1) is 11.8. The third-order valence-electron chi connectivity index (χ3n) is 1.27. The van der Waals surface area contributed by atoms with E-state index in [1.165, 1.54) is 18.2 Å². The molecule has 0 heterocycles. The maximum absolute atomic E-state index is 10.4. The summed E-state index contributed by atoms with van der Waals surface area (Å²) >= 11 is 11.3. The molecule has 0 bridgehead atoms. The van der Waals surface area contributed by atoms with Crippen LogP contribution in [-0.4, -0.2) is 9.79 Å². The fraction of sp³-hybridized carbons (Fsp3) is 0. The van der Waals surface area contributed by atoms with Crippen molar-refractivity contribution in [1.29, 1.82) is 0 Å². The van der Waals surface area contributed by atoms with E-state index in [2.05, 4.69) is 5.43 Å². The van der Waals surface area contributed by atoms with Gasteiger partial charge in [0.1, 0.15) is 0 Å². The van der Waals surface area contributed by atoms with Crippen LogP contribution in [0.1, 0.15) is 0 Å². The van der Waals surface area contributed by atoms with E-state index in [9.17, 15) is 4.57 Å². The molecule has 0 spiro atoms. The normalized spacial score (nSPS) is 11.4. The predicted molar refractivity (Wildman–Crippen MR) is 55.3 cm³/mol. The minimum Gasteiger partial charge on any atom is -0.311 e. The van der Waals surface area contributed by atoms with Gasteiger partial charge in [0.05, 0.1) is 10.7 Å². The zero-order valence-corrected chi connectivity index (χ0v) is 9.14. The molecular weight excluding hydrogens is 250 g/mol. The highest BCUT2D eigenvalue weighted by atomic mass is 35.5. The number of benzene rings is 1. The number of hydrazine groups is 1. The van der Waals surface area contributed by atoms with Crippen molar-refractivity contribution in [2.75, 3.05) is 5.43 Å². The quantitative estimate of drug-likeness (QED) is 0.491. The van der Waals surface area contributed by atoms with Crippen LogP contribution >= 0.6 is 30.9 Å². The summed E-state index contributed by atoms with van der Waals surface area (Å²) in [7, 11) is -4.32. The highest BCUT2D eigenvalue weighted by Crippen LogP contribution is 2.30. The summed E-state index contributed by atoms with van der Waals surface area (Å²) in [5.41, 5.74) is 2.61. The Bertz CT molecular complexity index is 381. The standard InChI is InChI=1S/C6H7Cl2N2O3P/c7-4-1-2-6(5(8)3-4)9-10-14(11,12)13/h1-3,9H,(H3,10,11,12,13). The van der Waals surface area contributed by atoms with Crippen molar-refractivity contribution >= 4 is 36.6 Å². The van der Waals surface area contributed by atoms with Crippen LogP contribution in [0.3, 0.4) is 0 Å². The fourth-order valence-electron chi connectivity index (χ4n) is 0.724. The molecule has 0 radical (unpaired) electrons. The van der Waals surface area contributed by atoms with E-state index < -0.39 is 7.75 Å². The Morgan fingerprint density at radius 1 is 1.29 bits per heavy atom. The lowest BCUT2D eigenvalue weighted by Crippen LogP contribution is -2.17. The molecule has 0 atom stereocenters. The molecule has 0 saturated heterocycles. The highest BCUT2D eigenvalue weighted by molar-refractivity contribution is 7.49. The predicted octanol–water partition coefficient (Wildman–Crippen LogP) is 2.00. The smallest absolute Gasteiger partial charge is 0.311 e. The van der Waals surface area contributed by atoms with Crippen molar-refractivity contribution in [3.63, 3.8) is 0 Å². The maximum Gasteiger partial charge on any atom is 0.417 e. The summed E-state index contributed by atoms with van der Waals surface area (Å²) in [6.07, 6.45) is 0. The first-order valence-corrected chi connectivity index (χ1v) is 5.79. The van der Waals surface area contributed by atoms with Gasteiger partial charge < -0.3 is 15.2 Å². The Morgan fingerprint density at radius 3 is 2.43 bits per heavy atom. The second-order valence-corrected chi connectivity index (χ2v) is 4.56. The Hall–Kier alpha value is -0.290. The van der Waals surface area contributed by atoms with Gasteiger partial charge in [-0.25, -0.2) is 4.57 Å². The summed E-state index contributed by atoms with van der Waals surface area (Å²) < 4.78 is 10.4. The summed E-state index contributed by atoms with van der Waals surface area (Å²) in [4.78, 5) is 17.0. The number of anilines is 1. The molecule has 0 unspecified atom stereocenters. The van der Waals surface area contributed by atoms with Gasteiger partial charge in [-0.05, 0) is 18.2 Å². The van der Waals surface area contributed by atoms with E-state index in [4.69, 9.17) is 33.0 Å². The minimum absolute atomic E-state index is 0.262. The molecule has 1 aromatic rings. The van der Waals surface area contributed by atoms with Gasteiger partial charge in [0, 0.05) is 5.02 Å². The van der Waals surface area contributed by atoms with Gasteiger partial charge in [-0.15, -0.1) is 5.20 Å². The molecular formula is C6H7Cl2N2O3P. The minimum atomic E-state index is -4.32. The van der Waals surface area contributed by atoms with Crippen LogP contribution in [0.25, 0.3) is 0 Å². The molecule has 14 heavy (non-hydrogen) atoms. The molecule has 0 aliphatic rings. The van der Waals surface area contributed by atoms with Crippen LogP contribution in [0.2, 0.25) is 10.0 Å². The molecule has 0 fully saturated rings. The molecule has 5 nitrogen and oxygen atoms in total. The van der Waals surface area contributed by atoms with Crippen LogP contribution in [0.4, 0.5) is 5.69 Å². The number of hydrogen-bond donors (Lipinski definition) is 4. The third kappa shape index (κ3) is 3.84. The molecule has 78 valence electrons. The van der Waals surface area contributed by atoms with E-state index in [0.29, 0.717) is 10.7 Å². The summed E-state index contributed by atoms with van der Waals surface area (Å²) in [5, 5.41) is 2.49. The molecule has 0 aliphatic heterocycles. The first-order chi connectivity index (χ1) is 6.38. The second kappa shape index (κ2) is 4.49. The fourth-order valence-corrected chi connectivity index (χ4v) is 1.45. The van der Waals surface area contributed by atoms with Crippen LogP contribution in [0, 0.1) is 0 Å².